The van der Waals surface area contributed by atoms with Crippen molar-refractivity contribution in [2.75, 3.05) is 33.4 Å². The van der Waals surface area contributed by atoms with Gasteiger partial charge in [-0.3, -0.25) is 4.79 Å². The molecule has 94 valence electrons. The zero-order valence-corrected chi connectivity index (χ0v) is 10.4. The normalized spacial score (nSPS) is 10.3. The van der Waals surface area contributed by atoms with Crippen LogP contribution in [0.5, 0.6) is 0 Å². The largest absolute Gasteiger partial charge is 0.395 e. The lowest BCUT2D eigenvalue weighted by Crippen LogP contribution is -2.36. The molecule has 1 amide bonds. The number of ether oxygens (including phenoxy) is 1. The highest BCUT2D eigenvalue weighted by Crippen LogP contribution is 2.08. The molecular formula is C11H15ClN2O3. The van der Waals surface area contributed by atoms with Gasteiger partial charge in [-0.15, -0.1) is 0 Å². The fourth-order valence-electron chi connectivity index (χ4n) is 1.32. The third-order valence-electron chi connectivity index (χ3n) is 2.20. The minimum Gasteiger partial charge on any atom is -0.395 e. The highest BCUT2D eigenvalue weighted by molar-refractivity contribution is 6.29. The number of carbonyl (C=O) groups excluding carboxylic acids is 1. The van der Waals surface area contributed by atoms with Crippen LogP contribution in [-0.2, 0) is 4.74 Å². The first kappa shape index (κ1) is 13.9. The predicted molar refractivity (Wildman–Crippen MR) is 64.1 cm³/mol. The topological polar surface area (TPSA) is 62.7 Å². The van der Waals surface area contributed by atoms with Crippen LogP contribution >= 0.6 is 11.6 Å². The molecule has 0 atom stereocenters. The monoisotopic (exact) mass is 258 g/mol. The van der Waals surface area contributed by atoms with Crippen LogP contribution in [-0.4, -0.2) is 54.3 Å². The van der Waals surface area contributed by atoms with Gasteiger partial charge in [0, 0.05) is 26.4 Å². The summed E-state index contributed by atoms with van der Waals surface area (Å²) >= 11 is 5.64. The maximum atomic E-state index is 12.0. The van der Waals surface area contributed by atoms with Gasteiger partial charge in [0.25, 0.3) is 5.91 Å². The molecular weight excluding hydrogens is 244 g/mol. The van der Waals surface area contributed by atoms with Gasteiger partial charge in [0.2, 0.25) is 0 Å². The van der Waals surface area contributed by atoms with Crippen LogP contribution in [0.4, 0.5) is 0 Å². The standard InChI is InChI=1S/C11H15ClN2O3/c1-17-7-5-14(4-6-15)11(16)9-2-3-10(12)13-8-9/h2-3,8,15H,4-7H2,1H3. The van der Waals surface area contributed by atoms with Crippen molar-refractivity contribution >= 4 is 17.5 Å². The van der Waals surface area contributed by atoms with E-state index in [0.717, 1.165) is 0 Å². The highest BCUT2D eigenvalue weighted by atomic mass is 35.5. The van der Waals surface area contributed by atoms with Crippen LogP contribution in [0.25, 0.3) is 0 Å². The van der Waals surface area contributed by atoms with E-state index in [1.54, 1.807) is 19.2 Å². The number of hydrogen-bond donors (Lipinski definition) is 1. The van der Waals surface area contributed by atoms with Gasteiger partial charge in [-0.05, 0) is 12.1 Å². The minimum absolute atomic E-state index is 0.0868. The zero-order chi connectivity index (χ0) is 12.7. The fourth-order valence-corrected chi connectivity index (χ4v) is 1.43. The van der Waals surface area contributed by atoms with Gasteiger partial charge in [-0.1, -0.05) is 11.6 Å². The zero-order valence-electron chi connectivity index (χ0n) is 9.60. The van der Waals surface area contributed by atoms with Crippen LogP contribution in [0.3, 0.4) is 0 Å². The van der Waals surface area contributed by atoms with E-state index >= 15 is 0 Å². The molecule has 0 unspecified atom stereocenters. The first-order valence-electron chi connectivity index (χ1n) is 5.19. The van der Waals surface area contributed by atoms with E-state index in [2.05, 4.69) is 4.98 Å². The van der Waals surface area contributed by atoms with E-state index in [4.69, 9.17) is 21.4 Å². The van der Waals surface area contributed by atoms with Gasteiger partial charge in [-0.2, -0.15) is 0 Å². The van der Waals surface area contributed by atoms with Gasteiger partial charge >= 0.3 is 0 Å². The minimum atomic E-state index is -0.194. The molecule has 1 heterocycles. The molecule has 0 aromatic carbocycles. The van der Waals surface area contributed by atoms with E-state index in [-0.39, 0.29) is 19.1 Å². The molecule has 0 saturated carbocycles. The van der Waals surface area contributed by atoms with Crippen molar-refractivity contribution in [3.63, 3.8) is 0 Å². The molecule has 0 saturated heterocycles. The highest BCUT2D eigenvalue weighted by Gasteiger charge is 2.15. The Balaban J connectivity index is 2.72. The lowest BCUT2D eigenvalue weighted by Gasteiger charge is -2.21. The Hall–Kier alpha value is -1.17. The Morgan fingerprint density at radius 3 is 2.82 bits per heavy atom. The molecule has 0 radical (unpaired) electrons. The number of amides is 1. The third kappa shape index (κ3) is 4.30. The van der Waals surface area contributed by atoms with Gasteiger partial charge in [0.15, 0.2) is 0 Å². The number of aliphatic hydroxyl groups excluding tert-OH is 1. The van der Waals surface area contributed by atoms with E-state index in [1.807, 2.05) is 0 Å². The Morgan fingerprint density at radius 2 is 2.29 bits per heavy atom. The maximum Gasteiger partial charge on any atom is 0.255 e. The van der Waals surface area contributed by atoms with Crippen LogP contribution in [0.1, 0.15) is 10.4 Å². The molecule has 5 nitrogen and oxygen atoms in total. The molecule has 1 N–H and O–H groups in total. The quantitative estimate of drug-likeness (QED) is 0.768. The van der Waals surface area contributed by atoms with Crippen molar-refractivity contribution < 1.29 is 14.6 Å². The second-order valence-corrected chi connectivity index (χ2v) is 3.77. The number of hydrogen-bond acceptors (Lipinski definition) is 4. The molecule has 6 heteroatoms. The smallest absolute Gasteiger partial charge is 0.255 e. The average Bonchev–Trinajstić information content (AvgIpc) is 2.34. The molecule has 0 aliphatic carbocycles. The van der Waals surface area contributed by atoms with Crippen LogP contribution in [0, 0.1) is 0 Å². The van der Waals surface area contributed by atoms with Gasteiger partial charge in [-0.25, -0.2) is 4.98 Å². The summed E-state index contributed by atoms with van der Waals surface area (Å²) in [5.41, 5.74) is 0.443. The third-order valence-corrected chi connectivity index (χ3v) is 2.42. The number of aromatic nitrogens is 1. The van der Waals surface area contributed by atoms with Gasteiger partial charge in [0.1, 0.15) is 5.15 Å². The van der Waals surface area contributed by atoms with Crippen molar-refractivity contribution in [2.45, 2.75) is 0 Å². The molecule has 17 heavy (non-hydrogen) atoms. The van der Waals surface area contributed by atoms with E-state index in [0.29, 0.717) is 23.9 Å². The summed E-state index contributed by atoms with van der Waals surface area (Å²) in [6, 6.07) is 3.16. The van der Waals surface area contributed by atoms with Crippen LogP contribution in [0.15, 0.2) is 18.3 Å². The number of pyridine rings is 1. The summed E-state index contributed by atoms with van der Waals surface area (Å²) < 4.78 is 4.91. The molecule has 0 aliphatic rings. The summed E-state index contributed by atoms with van der Waals surface area (Å²) in [6.07, 6.45) is 1.42. The Labute approximate surface area is 105 Å². The van der Waals surface area contributed by atoms with E-state index in [9.17, 15) is 4.79 Å². The van der Waals surface area contributed by atoms with Crippen molar-refractivity contribution in [3.05, 3.63) is 29.0 Å². The average molecular weight is 259 g/mol. The molecule has 0 fully saturated rings. The van der Waals surface area contributed by atoms with Crippen LogP contribution in [0.2, 0.25) is 5.15 Å². The first-order chi connectivity index (χ1) is 8.19. The van der Waals surface area contributed by atoms with Gasteiger partial charge in [0.05, 0.1) is 18.8 Å². The number of nitrogens with zero attached hydrogens (tertiary/aromatic N) is 2. The number of rotatable bonds is 6. The molecule has 0 aliphatic heterocycles. The van der Waals surface area contributed by atoms with Crippen LogP contribution < -0.4 is 0 Å². The van der Waals surface area contributed by atoms with Crippen molar-refractivity contribution in [1.29, 1.82) is 0 Å². The molecule has 1 rings (SSSR count). The molecule has 0 spiro atoms. The van der Waals surface area contributed by atoms with Crippen molar-refractivity contribution in [3.8, 4) is 0 Å². The maximum absolute atomic E-state index is 12.0. The summed E-state index contributed by atoms with van der Waals surface area (Å²) in [5, 5.41) is 9.24. The Kier molecular flexibility index (Phi) is 5.90. The lowest BCUT2D eigenvalue weighted by molar-refractivity contribution is 0.0656. The number of carbonyl (C=O) groups is 1. The number of methoxy groups -OCH3 is 1. The molecule has 1 aromatic heterocycles. The number of aliphatic hydroxyl groups is 1. The predicted octanol–water partition coefficient (Wildman–Crippen LogP) is 0.816. The Morgan fingerprint density at radius 1 is 1.53 bits per heavy atom. The summed E-state index contributed by atoms with van der Waals surface area (Å²) in [6.45, 7) is 1.03. The summed E-state index contributed by atoms with van der Waals surface area (Å²) in [7, 11) is 1.56. The SMILES string of the molecule is COCCN(CCO)C(=O)c1ccc(Cl)nc1. The first-order valence-corrected chi connectivity index (χ1v) is 5.57. The molecule has 1 aromatic rings. The van der Waals surface area contributed by atoms with Crippen molar-refractivity contribution in [1.82, 2.24) is 9.88 Å². The Bertz CT molecular complexity index is 356. The fraction of sp³-hybridized carbons (Fsp3) is 0.455. The molecule has 0 bridgehead atoms. The van der Waals surface area contributed by atoms with Crippen molar-refractivity contribution in [2.24, 2.45) is 0 Å². The second kappa shape index (κ2) is 7.21. The van der Waals surface area contributed by atoms with E-state index in [1.165, 1.54) is 11.1 Å². The summed E-state index contributed by atoms with van der Waals surface area (Å²) in [4.78, 5) is 17.4. The summed E-state index contributed by atoms with van der Waals surface area (Å²) in [5.74, 6) is -0.194. The second-order valence-electron chi connectivity index (χ2n) is 3.38. The van der Waals surface area contributed by atoms with E-state index < -0.39 is 0 Å². The van der Waals surface area contributed by atoms with Gasteiger partial charge < -0.3 is 14.7 Å². The number of halogens is 1. The lowest BCUT2D eigenvalue weighted by atomic mass is 10.2.